The molecule has 0 aliphatic carbocycles. The minimum absolute atomic E-state index is 0.0700. The molecular weight excluding hydrogens is 402 g/mol. The first-order valence-electron chi connectivity index (χ1n) is 6.46. The van der Waals surface area contributed by atoms with Crippen molar-refractivity contribution in [1.29, 1.82) is 0 Å². The number of sulfonamides is 1. The van der Waals surface area contributed by atoms with Crippen LogP contribution in [0.3, 0.4) is 0 Å². The van der Waals surface area contributed by atoms with Crippen molar-refractivity contribution in [1.82, 2.24) is 4.31 Å². The summed E-state index contributed by atoms with van der Waals surface area (Å²) in [7, 11) is -3.83. The van der Waals surface area contributed by atoms with Crippen molar-refractivity contribution in [3.63, 3.8) is 0 Å². The van der Waals surface area contributed by atoms with Gasteiger partial charge in [0.25, 0.3) is 10.0 Å². The van der Waals surface area contributed by atoms with Crippen LogP contribution in [-0.4, -0.2) is 36.4 Å². The Labute approximate surface area is 141 Å². The summed E-state index contributed by atoms with van der Waals surface area (Å²) < 4.78 is 27.0. The molecule has 0 bridgehead atoms. The molecule has 2 rings (SSSR count). The Balaban J connectivity index is 2.35. The van der Waals surface area contributed by atoms with E-state index >= 15 is 0 Å². The Kier molecular flexibility index (Phi) is 5.36. The zero-order valence-corrected chi connectivity index (χ0v) is 15.2. The molecule has 1 aliphatic heterocycles. The van der Waals surface area contributed by atoms with E-state index in [-0.39, 0.29) is 16.7 Å². The van der Waals surface area contributed by atoms with Crippen molar-refractivity contribution in [2.75, 3.05) is 6.54 Å². The van der Waals surface area contributed by atoms with E-state index in [2.05, 4.69) is 15.9 Å². The number of carboxylic acid groups (broad SMARTS) is 1. The molecular formula is C12H15BrClNO4S2. The van der Waals surface area contributed by atoms with Crippen molar-refractivity contribution >= 4 is 54.9 Å². The van der Waals surface area contributed by atoms with Gasteiger partial charge in [0.15, 0.2) is 0 Å². The number of piperidine rings is 1. The largest absolute Gasteiger partial charge is 0.480 e. The van der Waals surface area contributed by atoms with Gasteiger partial charge < -0.3 is 5.11 Å². The van der Waals surface area contributed by atoms with Gasteiger partial charge in [-0.05, 0) is 40.8 Å². The smallest absolute Gasteiger partial charge is 0.322 e. The molecule has 2 heterocycles. The lowest BCUT2D eigenvalue weighted by Gasteiger charge is -2.35. The zero-order chi connectivity index (χ0) is 15.8. The van der Waals surface area contributed by atoms with Crippen LogP contribution in [0.4, 0.5) is 0 Å². The van der Waals surface area contributed by atoms with Crippen LogP contribution in [0.25, 0.3) is 0 Å². The number of halogens is 2. The maximum absolute atomic E-state index is 12.7. The van der Waals surface area contributed by atoms with Gasteiger partial charge in [0.2, 0.25) is 0 Å². The molecule has 1 aromatic heterocycles. The second kappa shape index (κ2) is 6.54. The zero-order valence-electron chi connectivity index (χ0n) is 11.3. The second-order valence-corrected chi connectivity index (χ2v) is 9.85. The minimum Gasteiger partial charge on any atom is -0.480 e. The molecule has 9 heteroatoms. The predicted octanol–water partition coefficient (Wildman–Crippen LogP) is 3.43. The van der Waals surface area contributed by atoms with E-state index in [1.165, 1.54) is 6.07 Å². The average molecular weight is 417 g/mol. The summed E-state index contributed by atoms with van der Waals surface area (Å²) in [6.07, 6.45) is 1.89. The van der Waals surface area contributed by atoms with E-state index < -0.39 is 22.0 Å². The number of carbonyl (C=O) groups is 1. The maximum Gasteiger partial charge on any atom is 0.322 e. The summed E-state index contributed by atoms with van der Waals surface area (Å²) in [6.45, 7) is 2.22. The number of rotatable bonds is 4. The molecule has 0 radical (unpaired) electrons. The predicted molar refractivity (Wildman–Crippen MR) is 85.4 cm³/mol. The molecule has 1 N–H and O–H groups in total. The van der Waals surface area contributed by atoms with Crippen molar-refractivity contribution < 1.29 is 18.3 Å². The molecule has 1 saturated heterocycles. The fraction of sp³-hybridized carbons (Fsp3) is 0.583. The number of hydrogen-bond donors (Lipinski definition) is 1. The van der Waals surface area contributed by atoms with Crippen LogP contribution in [0.2, 0.25) is 5.02 Å². The standard InChI is InChI=1S/C12H15BrClNO4S2/c1-2-7-3-4-15(9(5-7)12(16)17)21(18,19)10-6-8(14)11(13)20-10/h6-7,9H,2-5H2,1H3,(H,16,17). The molecule has 21 heavy (non-hydrogen) atoms. The summed E-state index contributed by atoms with van der Waals surface area (Å²) in [4.78, 5) is 11.4. The number of hydrogen-bond acceptors (Lipinski definition) is 4. The van der Waals surface area contributed by atoms with E-state index in [0.717, 1.165) is 22.1 Å². The molecule has 0 amide bonds. The van der Waals surface area contributed by atoms with Crippen LogP contribution in [-0.2, 0) is 14.8 Å². The van der Waals surface area contributed by atoms with Crippen LogP contribution in [0.15, 0.2) is 14.1 Å². The lowest BCUT2D eigenvalue weighted by Crippen LogP contribution is -2.49. The third-order valence-corrected chi connectivity index (χ3v) is 8.54. The Morgan fingerprint density at radius 2 is 2.29 bits per heavy atom. The fourth-order valence-corrected chi connectivity index (χ4v) is 6.61. The first-order valence-corrected chi connectivity index (χ1v) is 9.89. The van der Waals surface area contributed by atoms with Gasteiger partial charge in [-0.3, -0.25) is 4.79 Å². The summed E-state index contributed by atoms with van der Waals surface area (Å²) >= 11 is 10.1. The van der Waals surface area contributed by atoms with Gasteiger partial charge in [0, 0.05) is 6.54 Å². The first kappa shape index (κ1) is 17.2. The van der Waals surface area contributed by atoms with E-state index in [9.17, 15) is 18.3 Å². The normalized spacial score (nSPS) is 24.1. The quantitative estimate of drug-likeness (QED) is 0.816. The summed E-state index contributed by atoms with van der Waals surface area (Å²) in [5, 5.41) is 9.67. The Bertz CT molecular complexity index is 626. The molecule has 2 unspecified atom stereocenters. The summed E-state index contributed by atoms with van der Waals surface area (Å²) in [6, 6.07) is 0.351. The summed E-state index contributed by atoms with van der Waals surface area (Å²) in [5.74, 6) is -0.852. The molecule has 5 nitrogen and oxygen atoms in total. The van der Waals surface area contributed by atoms with Crippen molar-refractivity contribution in [2.24, 2.45) is 5.92 Å². The van der Waals surface area contributed by atoms with Gasteiger partial charge in [-0.2, -0.15) is 4.31 Å². The second-order valence-electron chi connectivity index (χ2n) is 4.96. The van der Waals surface area contributed by atoms with Crippen LogP contribution in [0, 0.1) is 5.92 Å². The minimum atomic E-state index is -3.83. The van der Waals surface area contributed by atoms with E-state index in [1.54, 1.807) is 0 Å². The first-order chi connectivity index (χ1) is 9.77. The van der Waals surface area contributed by atoms with Gasteiger partial charge in [-0.25, -0.2) is 8.42 Å². The van der Waals surface area contributed by atoms with Crippen LogP contribution >= 0.6 is 38.9 Å². The highest BCUT2D eigenvalue weighted by molar-refractivity contribution is 9.11. The number of nitrogens with zero attached hydrogens (tertiary/aromatic N) is 1. The monoisotopic (exact) mass is 415 g/mol. The lowest BCUT2D eigenvalue weighted by atomic mass is 9.90. The highest BCUT2D eigenvalue weighted by Crippen LogP contribution is 2.38. The number of carboxylic acids is 1. The molecule has 118 valence electrons. The Morgan fingerprint density at radius 3 is 2.76 bits per heavy atom. The van der Waals surface area contributed by atoms with Gasteiger partial charge in [0.1, 0.15) is 10.3 Å². The van der Waals surface area contributed by atoms with Crippen molar-refractivity contribution in [2.45, 2.75) is 36.4 Å². The molecule has 1 aromatic rings. The molecule has 0 saturated carbocycles. The lowest BCUT2D eigenvalue weighted by molar-refractivity contribution is -0.143. The van der Waals surface area contributed by atoms with Gasteiger partial charge in [-0.1, -0.05) is 24.9 Å². The van der Waals surface area contributed by atoms with Gasteiger partial charge in [0.05, 0.1) is 8.81 Å². The van der Waals surface area contributed by atoms with E-state index in [0.29, 0.717) is 21.7 Å². The average Bonchev–Trinajstić information content (AvgIpc) is 2.78. The number of thiophene rings is 1. The van der Waals surface area contributed by atoms with Gasteiger partial charge >= 0.3 is 5.97 Å². The van der Waals surface area contributed by atoms with Crippen LogP contribution in [0.5, 0.6) is 0 Å². The van der Waals surface area contributed by atoms with Crippen LogP contribution in [0.1, 0.15) is 26.2 Å². The summed E-state index contributed by atoms with van der Waals surface area (Å²) in [5.41, 5.74) is 0. The Morgan fingerprint density at radius 1 is 1.62 bits per heavy atom. The molecule has 1 aliphatic rings. The highest BCUT2D eigenvalue weighted by Gasteiger charge is 2.41. The molecule has 1 fully saturated rings. The highest BCUT2D eigenvalue weighted by atomic mass is 79.9. The number of aliphatic carboxylic acids is 1. The molecule has 0 spiro atoms. The SMILES string of the molecule is CCC1CCN(S(=O)(=O)c2cc(Cl)c(Br)s2)C(C(=O)O)C1. The van der Waals surface area contributed by atoms with Crippen molar-refractivity contribution in [3.8, 4) is 0 Å². The molecule has 2 atom stereocenters. The third kappa shape index (κ3) is 3.44. The topological polar surface area (TPSA) is 74.7 Å². The fourth-order valence-electron chi connectivity index (χ4n) is 2.47. The van der Waals surface area contributed by atoms with Crippen molar-refractivity contribution in [3.05, 3.63) is 14.9 Å². The van der Waals surface area contributed by atoms with E-state index in [4.69, 9.17) is 11.6 Å². The Hall–Kier alpha value is -0.150. The molecule has 0 aromatic carbocycles. The maximum atomic E-state index is 12.7. The van der Waals surface area contributed by atoms with Gasteiger partial charge in [-0.15, -0.1) is 11.3 Å². The van der Waals surface area contributed by atoms with E-state index in [1.807, 2.05) is 6.92 Å². The van der Waals surface area contributed by atoms with Crippen LogP contribution < -0.4 is 0 Å². The third-order valence-electron chi connectivity index (χ3n) is 3.71.